The molecule has 0 saturated carbocycles. The molecule has 0 saturated heterocycles. The number of nitrogens with zero attached hydrogens (tertiary/aromatic N) is 3. The number of aromatic nitrogens is 4. The molecule has 0 fully saturated rings. The minimum atomic E-state index is -2.04. The van der Waals surface area contributed by atoms with Crippen LogP contribution in [-0.2, 0) is 11.1 Å². The maximum atomic E-state index is 11.2. The van der Waals surface area contributed by atoms with E-state index < -0.39 is 11.1 Å². The number of H-pyrrole nitrogens is 1. The molecule has 9 nitrogen and oxygen atoms in total. The zero-order valence-corrected chi connectivity index (χ0v) is 18.0. The molecule has 2 aromatic carbocycles. The molecule has 1 unspecified atom stereocenters. The number of rotatable bonds is 8. The molecule has 4 rings (SSSR count). The van der Waals surface area contributed by atoms with Crippen molar-refractivity contribution in [3.8, 4) is 11.3 Å². The number of aliphatic hydroxyl groups excluding tert-OH is 1. The molecule has 0 amide bonds. The third-order valence-corrected chi connectivity index (χ3v) is 5.45. The van der Waals surface area contributed by atoms with E-state index in [-0.39, 0.29) is 12.6 Å². The van der Waals surface area contributed by atoms with Crippen LogP contribution in [0, 0.1) is 6.92 Å². The Morgan fingerprint density at radius 1 is 1.12 bits per heavy atom. The molecule has 0 aliphatic carbocycles. The van der Waals surface area contributed by atoms with Gasteiger partial charge in [0.25, 0.3) is 0 Å². The number of hydrogen-bond acceptors (Lipinski definition) is 7. The van der Waals surface area contributed by atoms with E-state index in [1.165, 1.54) is 0 Å². The fourth-order valence-electron chi connectivity index (χ4n) is 3.16. The molecule has 0 radical (unpaired) electrons. The molecule has 32 heavy (non-hydrogen) atoms. The van der Waals surface area contributed by atoms with Crippen molar-refractivity contribution < 1.29 is 13.9 Å². The summed E-state index contributed by atoms with van der Waals surface area (Å²) in [6.07, 6.45) is 1.66. The van der Waals surface area contributed by atoms with Gasteiger partial charge in [-0.1, -0.05) is 30.3 Å². The van der Waals surface area contributed by atoms with E-state index in [1.54, 1.807) is 30.5 Å². The van der Waals surface area contributed by atoms with Crippen LogP contribution in [0.15, 0.2) is 71.8 Å². The summed E-state index contributed by atoms with van der Waals surface area (Å²) in [7, 11) is 0. The maximum absolute atomic E-state index is 11.2. The van der Waals surface area contributed by atoms with Crippen LogP contribution >= 0.6 is 0 Å². The van der Waals surface area contributed by atoms with E-state index in [0.29, 0.717) is 33.6 Å². The van der Waals surface area contributed by atoms with Crippen molar-refractivity contribution in [3.05, 3.63) is 78.1 Å². The fraction of sp³-hybridized carbons (Fsp3) is 0.136. The van der Waals surface area contributed by atoms with Gasteiger partial charge in [0.15, 0.2) is 11.1 Å². The van der Waals surface area contributed by atoms with E-state index in [4.69, 9.17) is 0 Å². The van der Waals surface area contributed by atoms with Crippen LogP contribution in [0.3, 0.4) is 0 Å². The summed E-state index contributed by atoms with van der Waals surface area (Å²) in [4.78, 5) is 9.31. The maximum Gasteiger partial charge on any atom is 0.229 e. The highest BCUT2D eigenvalue weighted by Crippen LogP contribution is 2.29. The van der Waals surface area contributed by atoms with Gasteiger partial charge < -0.3 is 20.3 Å². The lowest BCUT2D eigenvalue weighted by Crippen LogP contribution is -2.17. The monoisotopic (exact) mass is 450 g/mol. The summed E-state index contributed by atoms with van der Waals surface area (Å²) >= 11 is -2.04. The second-order valence-electron chi connectivity index (χ2n) is 7.08. The molecular formula is C22H22N6O3S. The van der Waals surface area contributed by atoms with Crippen molar-refractivity contribution >= 4 is 28.5 Å². The molecule has 5 N–H and O–H groups in total. The smallest absolute Gasteiger partial charge is 0.229 e. The lowest BCUT2D eigenvalue weighted by Gasteiger charge is -2.19. The predicted octanol–water partition coefficient (Wildman–Crippen LogP) is 3.64. The highest BCUT2D eigenvalue weighted by atomic mass is 32.2. The van der Waals surface area contributed by atoms with Gasteiger partial charge in [-0.15, -0.1) is 0 Å². The van der Waals surface area contributed by atoms with Crippen LogP contribution in [0.5, 0.6) is 0 Å². The van der Waals surface area contributed by atoms with Crippen LogP contribution < -0.4 is 10.6 Å². The number of benzene rings is 2. The van der Waals surface area contributed by atoms with Crippen LogP contribution in [-0.4, -0.2) is 40.6 Å². The van der Waals surface area contributed by atoms with Gasteiger partial charge in [0, 0.05) is 17.6 Å². The number of anilines is 3. The van der Waals surface area contributed by atoms with Crippen LogP contribution in [0.4, 0.5) is 17.5 Å². The average Bonchev–Trinajstić information content (AvgIpc) is 3.24. The quantitative estimate of drug-likeness (QED) is 0.257. The second kappa shape index (κ2) is 9.69. The van der Waals surface area contributed by atoms with Crippen LogP contribution in [0.25, 0.3) is 11.3 Å². The highest BCUT2D eigenvalue weighted by molar-refractivity contribution is 7.79. The zero-order chi connectivity index (χ0) is 22.5. The van der Waals surface area contributed by atoms with Gasteiger partial charge in [-0.2, -0.15) is 10.1 Å². The van der Waals surface area contributed by atoms with Gasteiger partial charge in [0.2, 0.25) is 5.95 Å². The van der Waals surface area contributed by atoms with Gasteiger partial charge >= 0.3 is 0 Å². The Hall–Kier alpha value is -3.60. The molecule has 2 aromatic heterocycles. The van der Waals surface area contributed by atoms with Crippen molar-refractivity contribution in [2.45, 2.75) is 17.9 Å². The van der Waals surface area contributed by atoms with Crippen LogP contribution in [0.1, 0.15) is 17.3 Å². The molecule has 10 heteroatoms. The largest absolute Gasteiger partial charge is 0.394 e. The van der Waals surface area contributed by atoms with E-state index in [1.807, 2.05) is 43.3 Å². The van der Waals surface area contributed by atoms with Gasteiger partial charge in [-0.05, 0) is 42.8 Å². The van der Waals surface area contributed by atoms with Gasteiger partial charge in [0.05, 0.1) is 28.8 Å². The number of hydrogen-bond donors (Lipinski definition) is 5. The van der Waals surface area contributed by atoms with Crippen molar-refractivity contribution in [2.75, 3.05) is 17.2 Å². The van der Waals surface area contributed by atoms with E-state index >= 15 is 0 Å². The molecule has 0 aliphatic heterocycles. The topological polar surface area (TPSA) is 136 Å². The minimum absolute atomic E-state index is 0.129. The van der Waals surface area contributed by atoms with Crippen molar-refractivity contribution in [1.82, 2.24) is 20.2 Å². The first-order valence-electron chi connectivity index (χ1n) is 9.83. The molecule has 2 atom stereocenters. The van der Waals surface area contributed by atoms with Gasteiger partial charge in [-0.3, -0.25) is 5.10 Å². The Kier molecular flexibility index (Phi) is 6.55. The number of aromatic amines is 1. The van der Waals surface area contributed by atoms with Crippen molar-refractivity contribution in [2.24, 2.45) is 0 Å². The standard InChI is InChI=1S/C22H22N6O3S/c1-14-11-19(28-27-14)18-12-23-22(24-16-7-9-17(10-8-16)32(30)31)26-21(18)25-20(13-29)15-5-3-2-4-6-15/h2-12,20,29H,13H2,1H3,(H,27,28)(H,30,31)(H2,23,24,25,26)/t20-/m1/s1. The average molecular weight is 451 g/mol. The SMILES string of the molecule is Cc1cc(-c2cnc(Nc3ccc(S(=O)O)cc3)nc2N[C@H](CO)c2ccccc2)n[nH]1. The Bertz CT molecular complexity index is 1210. The third-order valence-electron chi connectivity index (χ3n) is 4.78. The molecule has 164 valence electrons. The Balaban J connectivity index is 1.67. The van der Waals surface area contributed by atoms with E-state index in [9.17, 15) is 13.9 Å². The highest BCUT2D eigenvalue weighted by Gasteiger charge is 2.17. The molecule has 2 heterocycles. The first-order chi connectivity index (χ1) is 15.5. The third kappa shape index (κ3) is 4.99. The summed E-state index contributed by atoms with van der Waals surface area (Å²) in [6, 6.07) is 17.6. The molecular weight excluding hydrogens is 428 g/mol. The Morgan fingerprint density at radius 3 is 2.50 bits per heavy atom. The van der Waals surface area contributed by atoms with Crippen molar-refractivity contribution in [3.63, 3.8) is 0 Å². The van der Waals surface area contributed by atoms with Gasteiger partial charge in [-0.25, -0.2) is 9.19 Å². The summed E-state index contributed by atoms with van der Waals surface area (Å²) in [5.41, 5.74) is 3.84. The molecule has 0 spiro atoms. The Labute approximate surface area is 187 Å². The van der Waals surface area contributed by atoms with E-state index in [2.05, 4.69) is 30.8 Å². The van der Waals surface area contributed by atoms with Crippen LogP contribution in [0.2, 0.25) is 0 Å². The lowest BCUT2D eigenvalue weighted by molar-refractivity contribution is 0.276. The first-order valence-corrected chi connectivity index (χ1v) is 10.9. The molecule has 0 bridgehead atoms. The summed E-state index contributed by atoms with van der Waals surface area (Å²) in [6.45, 7) is 1.78. The second-order valence-corrected chi connectivity index (χ2v) is 8.05. The van der Waals surface area contributed by atoms with E-state index in [0.717, 1.165) is 11.3 Å². The fourth-order valence-corrected chi connectivity index (χ4v) is 3.53. The zero-order valence-electron chi connectivity index (χ0n) is 17.2. The minimum Gasteiger partial charge on any atom is -0.394 e. The van der Waals surface area contributed by atoms with Crippen molar-refractivity contribution in [1.29, 1.82) is 0 Å². The normalized spacial score (nSPS) is 12.8. The lowest BCUT2D eigenvalue weighted by atomic mass is 10.1. The predicted molar refractivity (Wildman–Crippen MR) is 123 cm³/mol. The first kappa shape index (κ1) is 21.6. The molecule has 4 aromatic rings. The summed E-state index contributed by atoms with van der Waals surface area (Å²) in [5.74, 6) is 0.830. The Morgan fingerprint density at radius 2 is 1.88 bits per heavy atom. The van der Waals surface area contributed by atoms with Gasteiger partial charge in [0.1, 0.15) is 5.82 Å². The number of aryl methyl sites for hydroxylation is 1. The summed E-state index contributed by atoms with van der Waals surface area (Å²) < 4.78 is 20.3. The number of aliphatic hydroxyl groups is 1. The number of nitrogens with one attached hydrogen (secondary N) is 3. The molecule has 0 aliphatic rings. The summed E-state index contributed by atoms with van der Waals surface area (Å²) in [5, 5.41) is 23.6.